The minimum atomic E-state index is -3.78. The Morgan fingerprint density at radius 2 is 1.79 bits per heavy atom. The number of unbranched alkanes of at least 4 members (excludes halogenated alkanes) is 4. The van der Waals surface area contributed by atoms with Crippen LogP contribution in [0, 0.1) is 11.7 Å². The molecule has 5 rings (SSSR count). The van der Waals surface area contributed by atoms with Crippen molar-refractivity contribution in [3.05, 3.63) is 88.4 Å². The molecule has 3 heterocycles. The molecule has 0 spiro atoms. The molecule has 310 valence electrons. The molecule has 1 saturated carbocycles. The zero-order valence-corrected chi connectivity index (χ0v) is 35.3. The molecule has 1 aliphatic heterocycles. The smallest absolute Gasteiger partial charge is 0.324 e. The number of benzene rings is 1. The van der Waals surface area contributed by atoms with Crippen molar-refractivity contribution in [3.8, 4) is 0 Å². The van der Waals surface area contributed by atoms with Crippen molar-refractivity contribution in [1.29, 1.82) is 0 Å². The highest BCUT2D eigenvalue weighted by Crippen LogP contribution is 2.28. The Morgan fingerprint density at radius 3 is 2.42 bits per heavy atom. The van der Waals surface area contributed by atoms with Crippen LogP contribution >= 0.6 is 11.3 Å². The normalized spacial score (nSPS) is 17.1. The van der Waals surface area contributed by atoms with E-state index < -0.39 is 57.0 Å². The number of imide groups is 1. The van der Waals surface area contributed by atoms with E-state index in [1.807, 2.05) is 25.1 Å². The first-order valence-corrected chi connectivity index (χ1v) is 21.8. The highest BCUT2D eigenvalue weighted by atomic mass is 32.2. The molecule has 3 aromatic rings. The van der Waals surface area contributed by atoms with Gasteiger partial charge in [0.2, 0.25) is 21.8 Å². The number of carbonyl (C=O) groups is 4. The van der Waals surface area contributed by atoms with Gasteiger partial charge in [-0.2, -0.15) is 0 Å². The molecule has 0 radical (unpaired) electrons. The molecule has 2 aromatic heterocycles. The van der Waals surface area contributed by atoms with Crippen molar-refractivity contribution in [2.45, 2.75) is 110 Å². The summed E-state index contributed by atoms with van der Waals surface area (Å²) >= 11 is 1.70. The average Bonchev–Trinajstić information content (AvgIpc) is 3.52. The van der Waals surface area contributed by atoms with E-state index in [0.29, 0.717) is 43.2 Å². The molecule has 11 nitrogen and oxygen atoms in total. The Bertz CT molecular complexity index is 2140. The molecule has 1 aromatic carbocycles. The molecule has 2 aliphatic rings. The summed E-state index contributed by atoms with van der Waals surface area (Å²) in [5.41, 5.74) is 3.54. The lowest BCUT2D eigenvalue weighted by molar-refractivity contribution is -0.131. The van der Waals surface area contributed by atoms with Crippen LogP contribution in [0.1, 0.15) is 97.3 Å². The lowest BCUT2D eigenvalue weighted by Crippen LogP contribution is -2.57. The Kier molecular flexibility index (Phi) is 18.1. The second-order valence-electron chi connectivity index (χ2n) is 14.2. The molecule has 1 aliphatic carbocycles. The first-order valence-electron chi connectivity index (χ1n) is 19.3. The quantitative estimate of drug-likeness (QED) is 0.116. The average molecular weight is 825 g/mol. The van der Waals surface area contributed by atoms with Gasteiger partial charge in [0.15, 0.2) is 0 Å². The SMILES string of the molecule is C=C.C=c1/c(=C(C)\C=C(/C)c2cccs2)oc2ccc(F)cc12.CCCCCC/C=C\C(C)C(NC(=O)C1CCCN1C(=O)NC(C)=O)C(=O)NS(=O)(=O)C1CC1. The summed E-state index contributed by atoms with van der Waals surface area (Å²) in [5, 5.41) is 7.78. The number of sulfonamides is 1. The van der Waals surface area contributed by atoms with Gasteiger partial charge >= 0.3 is 6.03 Å². The Morgan fingerprint density at radius 1 is 1.07 bits per heavy atom. The van der Waals surface area contributed by atoms with Crippen LogP contribution in [0.3, 0.4) is 0 Å². The van der Waals surface area contributed by atoms with Crippen LogP contribution in [0.4, 0.5) is 9.18 Å². The largest absolute Gasteiger partial charge is 0.456 e. The van der Waals surface area contributed by atoms with Crippen molar-refractivity contribution in [3.63, 3.8) is 0 Å². The minimum absolute atomic E-state index is 0.275. The van der Waals surface area contributed by atoms with Crippen LogP contribution in [0.15, 0.2) is 71.5 Å². The molecule has 5 amide bonds. The molecule has 14 heteroatoms. The molecule has 1 saturated heterocycles. The number of amides is 5. The fourth-order valence-corrected chi connectivity index (χ4v) is 8.41. The predicted octanol–water partition coefficient (Wildman–Crippen LogP) is 7.08. The summed E-state index contributed by atoms with van der Waals surface area (Å²) in [5.74, 6) is -2.62. The van der Waals surface area contributed by atoms with Gasteiger partial charge in [0.05, 0.1) is 5.25 Å². The monoisotopic (exact) mass is 824 g/mol. The van der Waals surface area contributed by atoms with Crippen LogP contribution in [-0.4, -0.2) is 60.9 Å². The van der Waals surface area contributed by atoms with E-state index in [0.717, 1.165) is 48.3 Å². The van der Waals surface area contributed by atoms with Crippen molar-refractivity contribution < 1.29 is 36.4 Å². The number of hydrogen-bond donors (Lipinski definition) is 3. The number of carbonyl (C=O) groups excluding carboxylic acids is 4. The topological polar surface area (TPSA) is 155 Å². The number of thiophene rings is 1. The molecular weight excluding hydrogens is 768 g/mol. The number of likely N-dealkylation sites (tertiary alicyclic amines) is 1. The number of allylic oxidation sites excluding steroid dienone is 3. The molecule has 3 atom stereocenters. The Labute approximate surface area is 339 Å². The van der Waals surface area contributed by atoms with Gasteiger partial charge < -0.3 is 14.6 Å². The van der Waals surface area contributed by atoms with Gasteiger partial charge in [0.25, 0.3) is 5.91 Å². The number of furan rings is 1. The van der Waals surface area contributed by atoms with Crippen molar-refractivity contribution >= 4 is 73.8 Å². The number of fused-ring (bicyclic) bond motifs is 1. The van der Waals surface area contributed by atoms with Crippen LogP contribution in [0.25, 0.3) is 28.7 Å². The van der Waals surface area contributed by atoms with Gasteiger partial charge in [-0.25, -0.2) is 17.6 Å². The van der Waals surface area contributed by atoms with Gasteiger partial charge in [-0.05, 0) is 93.2 Å². The standard InChI is InChI=1S/C23H38N4O6S.C18H15FOS.C2H4/c1-4-5-6-7-8-9-11-16(2)20(22(30)26-34(32,33)18-13-14-18)25-21(29)19-12-10-15-27(19)23(31)24-17(3)28;1-11(17-5-4-8-21-17)9-12(2)18-13(3)15-10-14(19)6-7-16(15)20-18;1-2/h9,11,16,18-20H,4-8,10,12-15H2,1-3H3,(H,25,29)(H,26,30)(H,24,28,31);4-10H,3H2,1-2H3;1-2H2/b11-9-;11-9+,18-12+;. The highest BCUT2D eigenvalue weighted by molar-refractivity contribution is 7.90. The predicted molar refractivity (Wildman–Crippen MR) is 227 cm³/mol. The lowest BCUT2D eigenvalue weighted by Gasteiger charge is -2.27. The molecule has 0 bridgehead atoms. The van der Waals surface area contributed by atoms with Gasteiger partial charge in [0.1, 0.15) is 28.9 Å². The molecule has 3 N–H and O–H groups in total. The van der Waals surface area contributed by atoms with Gasteiger partial charge in [-0.3, -0.25) is 24.4 Å². The lowest BCUT2D eigenvalue weighted by atomic mass is 9.99. The van der Waals surface area contributed by atoms with Crippen LogP contribution < -0.4 is 26.0 Å². The summed E-state index contributed by atoms with van der Waals surface area (Å²) in [4.78, 5) is 52.0. The maximum atomic E-state index is 13.3. The van der Waals surface area contributed by atoms with E-state index in [-0.39, 0.29) is 5.82 Å². The fourth-order valence-electron chi connectivity index (χ4n) is 6.37. The summed E-state index contributed by atoms with van der Waals surface area (Å²) in [6.07, 6.45) is 13.0. The van der Waals surface area contributed by atoms with E-state index in [2.05, 4.69) is 66.5 Å². The maximum absolute atomic E-state index is 13.3. The third-order valence-corrected chi connectivity index (χ3v) is 12.4. The second-order valence-corrected chi connectivity index (χ2v) is 17.1. The number of halogens is 1. The zero-order valence-electron chi connectivity index (χ0n) is 33.7. The van der Waals surface area contributed by atoms with Crippen molar-refractivity contribution in [2.24, 2.45) is 5.92 Å². The summed E-state index contributed by atoms with van der Waals surface area (Å²) in [6, 6.07) is 6.00. The van der Waals surface area contributed by atoms with Crippen molar-refractivity contribution in [2.75, 3.05) is 6.54 Å². The number of urea groups is 1. The summed E-state index contributed by atoms with van der Waals surface area (Å²) in [7, 11) is -3.78. The Hall–Kier alpha value is -4.82. The van der Waals surface area contributed by atoms with E-state index in [4.69, 9.17) is 4.42 Å². The molecular formula is C43H57FN4O7S2. The molecule has 57 heavy (non-hydrogen) atoms. The maximum Gasteiger partial charge on any atom is 0.324 e. The second kappa shape index (κ2) is 22.2. The third-order valence-electron chi connectivity index (χ3n) is 9.53. The van der Waals surface area contributed by atoms with Crippen LogP contribution in [0.5, 0.6) is 0 Å². The molecule has 2 fully saturated rings. The summed E-state index contributed by atoms with van der Waals surface area (Å²) in [6.45, 7) is 19.5. The summed E-state index contributed by atoms with van der Waals surface area (Å²) < 4.78 is 45.9. The number of rotatable bonds is 14. The third kappa shape index (κ3) is 13.7. The number of hydrogen-bond acceptors (Lipinski definition) is 8. The molecule has 3 unspecified atom stereocenters. The minimum Gasteiger partial charge on any atom is -0.456 e. The first kappa shape index (κ1) is 46.6. The van der Waals surface area contributed by atoms with E-state index in [1.54, 1.807) is 24.3 Å². The van der Waals surface area contributed by atoms with E-state index in [1.165, 1.54) is 34.4 Å². The van der Waals surface area contributed by atoms with Crippen LogP contribution in [-0.2, 0) is 24.4 Å². The van der Waals surface area contributed by atoms with Crippen molar-refractivity contribution in [1.82, 2.24) is 20.3 Å². The van der Waals surface area contributed by atoms with E-state index >= 15 is 0 Å². The van der Waals surface area contributed by atoms with Gasteiger partial charge in [-0.15, -0.1) is 24.5 Å². The highest BCUT2D eigenvalue weighted by Gasteiger charge is 2.41. The fraction of sp³-hybridized carbons (Fsp3) is 0.442. The van der Waals surface area contributed by atoms with Crippen LogP contribution in [0.2, 0.25) is 0 Å². The first-order chi connectivity index (χ1) is 27.1. The number of nitrogens with zero attached hydrogens (tertiary/aromatic N) is 1. The van der Waals surface area contributed by atoms with E-state index in [9.17, 15) is 32.0 Å². The number of nitrogens with one attached hydrogen (secondary N) is 3. The Balaban J connectivity index is 0.000000321. The van der Waals surface area contributed by atoms with Gasteiger partial charge in [0, 0.05) is 34.9 Å². The zero-order chi connectivity index (χ0) is 42.3. The van der Waals surface area contributed by atoms with Gasteiger partial charge in [-0.1, -0.05) is 64.0 Å².